The summed E-state index contributed by atoms with van der Waals surface area (Å²) < 4.78 is 1.75. The van der Waals surface area contributed by atoms with Crippen LogP contribution in [0.1, 0.15) is 29.8 Å². The molecule has 3 rings (SSSR count). The van der Waals surface area contributed by atoms with E-state index >= 15 is 0 Å². The first-order valence-electron chi connectivity index (χ1n) is 6.86. The molecule has 0 amide bonds. The third-order valence-corrected chi connectivity index (χ3v) is 3.50. The fourth-order valence-electron chi connectivity index (χ4n) is 2.37. The summed E-state index contributed by atoms with van der Waals surface area (Å²) in [6, 6.07) is 17.2. The van der Waals surface area contributed by atoms with Gasteiger partial charge in [-0.15, -0.1) is 0 Å². The Hall–Kier alpha value is -3.31. The number of aromatic nitrogens is 2. The maximum absolute atomic E-state index is 9.38. The SMILES string of the molecule is CC(Nc1nc2ccccn2c1C#N)c1cccc(C#N)c1. The lowest BCUT2D eigenvalue weighted by Gasteiger charge is -2.14. The topological polar surface area (TPSA) is 76.9 Å². The van der Waals surface area contributed by atoms with Gasteiger partial charge in [-0.25, -0.2) is 4.98 Å². The monoisotopic (exact) mass is 287 g/mol. The zero-order valence-electron chi connectivity index (χ0n) is 12.0. The number of anilines is 1. The van der Waals surface area contributed by atoms with Crippen LogP contribution in [0.4, 0.5) is 5.82 Å². The molecule has 0 aliphatic carbocycles. The van der Waals surface area contributed by atoms with Crippen molar-refractivity contribution in [3.05, 3.63) is 65.5 Å². The van der Waals surface area contributed by atoms with Crippen molar-refractivity contribution in [3.8, 4) is 12.1 Å². The molecule has 2 aromatic heterocycles. The van der Waals surface area contributed by atoms with Gasteiger partial charge in [0.25, 0.3) is 0 Å². The van der Waals surface area contributed by atoms with Gasteiger partial charge in [0.2, 0.25) is 0 Å². The van der Waals surface area contributed by atoms with Gasteiger partial charge in [0.05, 0.1) is 17.7 Å². The second-order valence-electron chi connectivity index (χ2n) is 4.95. The molecule has 0 spiro atoms. The van der Waals surface area contributed by atoms with Gasteiger partial charge in [-0.3, -0.25) is 4.40 Å². The van der Waals surface area contributed by atoms with E-state index in [1.54, 1.807) is 10.5 Å². The number of hydrogen-bond donors (Lipinski definition) is 1. The average molecular weight is 287 g/mol. The van der Waals surface area contributed by atoms with E-state index in [1.807, 2.05) is 49.5 Å². The van der Waals surface area contributed by atoms with E-state index in [4.69, 9.17) is 5.26 Å². The lowest BCUT2D eigenvalue weighted by Crippen LogP contribution is -2.08. The zero-order chi connectivity index (χ0) is 15.5. The van der Waals surface area contributed by atoms with Crippen molar-refractivity contribution in [3.63, 3.8) is 0 Å². The van der Waals surface area contributed by atoms with Crippen LogP contribution in [0.5, 0.6) is 0 Å². The summed E-state index contributed by atoms with van der Waals surface area (Å²) in [5.74, 6) is 0.545. The molecule has 2 heterocycles. The Kier molecular flexibility index (Phi) is 3.47. The highest BCUT2D eigenvalue weighted by molar-refractivity contribution is 5.59. The van der Waals surface area contributed by atoms with Crippen LogP contribution in [-0.2, 0) is 0 Å². The first-order chi connectivity index (χ1) is 10.7. The second kappa shape index (κ2) is 5.59. The molecule has 0 saturated carbocycles. The average Bonchev–Trinajstić information content (AvgIpc) is 2.91. The lowest BCUT2D eigenvalue weighted by atomic mass is 10.1. The molecule has 1 unspecified atom stereocenters. The first kappa shape index (κ1) is 13.7. The van der Waals surface area contributed by atoms with Crippen molar-refractivity contribution in [2.75, 3.05) is 5.32 Å². The van der Waals surface area contributed by atoms with E-state index in [0.717, 1.165) is 11.2 Å². The van der Waals surface area contributed by atoms with E-state index in [-0.39, 0.29) is 6.04 Å². The Morgan fingerprint density at radius 1 is 1.14 bits per heavy atom. The van der Waals surface area contributed by atoms with Gasteiger partial charge in [-0.1, -0.05) is 18.2 Å². The van der Waals surface area contributed by atoms with Gasteiger partial charge >= 0.3 is 0 Å². The van der Waals surface area contributed by atoms with E-state index in [1.165, 1.54) is 0 Å². The first-order valence-corrected chi connectivity index (χ1v) is 6.86. The van der Waals surface area contributed by atoms with Crippen LogP contribution in [0.2, 0.25) is 0 Å². The van der Waals surface area contributed by atoms with Crippen LogP contribution in [0.25, 0.3) is 5.65 Å². The maximum atomic E-state index is 9.38. The molecule has 5 heteroatoms. The Morgan fingerprint density at radius 3 is 2.77 bits per heavy atom. The molecule has 1 atom stereocenters. The molecular weight excluding hydrogens is 274 g/mol. The number of nitrogens with zero attached hydrogens (tertiary/aromatic N) is 4. The highest BCUT2D eigenvalue weighted by atomic mass is 15.1. The normalized spacial score (nSPS) is 11.6. The van der Waals surface area contributed by atoms with Crippen LogP contribution >= 0.6 is 0 Å². The van der Waals surface area contributed by atoms with Crippen molar-refractivity contribution in [1.29, 1.82) is 10.5 Å². The molecule has 0 saturated heterocycles. The van der Waals surface area contributed by atoms with Gasteiger partial charge in [0, 0.05) is 6.20 Å². The Balaban J connectivity index is 1.96. The van der Waals surface area contributed by atoms with Gasteiger partial charge in [-0.2, -0.15) is 10.5 Å². The largest absolute Gasteiger partial charge is 0.361 e. The lowest BCUT2D eigenvalue weighted by molar-refractivity contribution is 0.875. The van der Waals surface area contributed by atoms with E-state index in [2.05, 4.69) is 22.4 Å². The van der Waals surface area contributed by atoms with Gasteiger partial charge in [0.15, 0.2) is 11.5 Å². The Labute approximate surface area is 128 Å². The Morgan fingerprint density at radius 2 is 2.00 bits per heavy atom. The molecule has 1 N–H and O–H groups in total. The Bertz CT molecular complexity index is 911. The summed E-state index contributed by atoms with van der Waals surface area (Å²) in [5, 5.41) is 21.6. The third kappa shape index (κ3) is 2.36. The van der Waals surface area contributed by atoms with Gasteiger partial charge in [0.1, 0.15) is 11.7 Å². The number of imidazole rings is 1. The summed E-state index contributed by atoms with van der Waals surface area (Å²) in [6.07, 6.45) is 1.81. The van der Waals surface area contributed by atoms with Crippen molar-refractivity contribution < 1.29 is 0 Å². The highest BCUT2D eigenvalue weighted by Gasteiger charge is 2.14. The van der Waals surface area contributed by atoms with Crippen molar-refractivity contribution in [2.45, 2.75) is 13.0 Å². The van der Waals surface area contributed by atoms with Crippen LogP contribution < -0.4 is 5.32 Å². The number of rotatable bonds is 3. The van der Waals surface area contributed by atoms with Crippen LogP contribution in [0, 0.1) is 22.7 Å². The highest BCUT2D eigenvalue weighted by Crippen LogP contribution is 2.23. The molecular formula is C17H13N5. The minimum absolute atomic E-state index is 0.0645. The van der Waals surface area contributed by atoms with Crippen molar-refractivity contribution in [2.24, 2.45) is 0 Å². The van der Waals surface area contributed by atoms with Crippen molar-refractivity contribution in [1.82, 2.24) is 9.38 Å². The van der Waals surface area contributed by atoms with Gasteiger partial charge < -0.3 is 5.32 Å². The van der Waals surface area contributed by atoms with Gasteiger partial charge in [-0.05, 0) is 36.8 Å². The standard InChI is InChI=1S/C17H13N5/c1-12(14-6-4-5-13(9-14)10-18)20-17-15(11-19)22-8-3-2-7-16(22)21-17/h2-9,12,20H,1H3. The number of fused-ring (bicyclic) bond motifs is 1. The number of benzene rings is 1. The molecule has 0 radical (unpaired) electrons. The molecule has 106 valence electrons. The summed E-state index contributed by atoms with van der Waals surface area (Å²) in [6.45, 7) is 1.97. The molecule has 0 bridgehead atoms. The molecule has 0 fully saturated rings. The van der Waals surface area contributed by atoms with Crippen LogP contribution in [-0.4, -0.2) is 9.38 Å². The van der Waals surface area contributed by atoms with E-state index in [9.17, 15) is 5.26 Å². The molecule has 0 aliphatic rings. The van der Waals surface area contributed by atoms with Crippen molar-refractivity contribution >= 4 is 11.5 Å². The molecule has 5 nitrogen and oxygen atoms in total. The number of pyridine rings is 1. The number of nitrogens with one attached hydrogen (secondary N) is 1. The maximum Gasteiger partial charge on any atom is 0.168 e. The predicted octanol–water partition coefficient (Wildman–Crippen LogP) is 3.25. The summed E-state index contributed by atoms with van der Waals surface area (Å²) in [7, 11) is 0. The molecule has 1 aromatic carbocycles. The van der Waals surface area contributed by atoms with Crippen LogP contribution in [0.3, 0.4) is 0 Å². The number of nitriles is 2. The fraction of sp³-hybridized carbons (Fsp3) is 0.118. The zero-order valence-corrected chi connectivity index (χ0v) is 12.0. The third-order valence-electron chi connectivity index (χ3n) is 3.50. The molecule has 0 aliphatic heterocycles. The predicted molar refractivity (Wildman–Crippen MR) is 83.1 cm³/mol. The van der Waals surface area contributed by atoms with E-state index in [0.29, 0.717) is 17.1 Å². The minimum Gasteiger partial charge on any atom is -0.361 e. The second-order valence-corrected chi connectivity index (χ2v) is 4.95. The molecule has 22 heavy (non-hydrogen) atoms. The smallest absolute Gasteiger partial charge is 0.168 e. The fourth-order valence-corrected chi connectivity index (χ4v) is 2.37. The van der Waals surface area contributed by atoms with E-state index < -0.39 is 0 Å². The minimum atomic E-state index is -0.0645. The summed E-state index contributed by atoms with van der Waals surface area (Å²) in [4.78, 5) is 4.46. The van der Waals surface area contributed by atoms with Crippen LogP contribution in [0.15, 0.2) is 48.7 Å². The summed E-state index contributed by atoms with van der Waals surface area (Å²) in [5.41, 5.74) is 2.78. The molecule has 3 aromatic rings. The summed E-state index contributed by atoms with van der Waals surface area (Å²) >= 11 is 0. The quantitative estimate of drug-likeness (QED) is 0.802. The number of hydrogen-bond acceptors (Lipinski definition) is 4.